The van der Waals surface area contributed by atoms with Crippen LogP contribution in [0.25, 0.3) is 10.8 Å². The first-order chi connectivity index (χ1) is 23.7. The zero-order valence-corrected chi connectivity index (χ0v) is 33.5. The van der Waals surface area contributed by atoms with E-state index in [1.165, 1.54) is 24.3 Å². The second-order valence-corrected chi connectivity index (χ2v) is 17.4. The fourth-order valence-corrected chi connectivity index (χ4v) is 11.5. The first kappa shape index (κ1) is 37.1. The maximum absolute atomic E-state index is 14.0. The first-order valence-corrected chi connectivity index (χ1v) is 20.0. The van der Waals surface area contributed by atoms with Crippen molar-refractivity contribution >= 4 is 106 Å². The van der Waals surface area contributed by atoms with Gasteiger partial charge in [-0.25, -0.2) is 4.18 Å². The average Bonchev–Trinajstić information content (AvgIpc) is 3.29. The quantitative estimate of drug-likeness (QED) is 0.0516. The Kier molecular flexibility index (Phi) is 9.30. The largest absolute Gasteiger partial charge is 0.508 e. The summed E-state index contributed by atoms with van der Waals surface area (Å²) in [7, 11) is -9.66. The normalized spacial score (nSPS) is 16.6. The molecule has 0 aromatic heterocycles. The Hall–Kier alpha value is -3.66. The fourth-order valence-electron chi connectivity index (χ4n) is 5.81. The number of non-ortho nitro benzene ring substituents is 1. The van der Waals surface area contributed by atoms with Gasteiger partial charge in [-0.1, -0.05) is 24.3 Å². The first-order valence-electron chi connectivity index (χ1n) is 14.0. The lowest BCUT2D eigenvalue weighted by molar-refractivity contribution is -0.393. The minimum absolute atomic E-state index is 0.0510. The van der Waals surface area contributed by atoms with Gasteiger partial charge in [0.05, 0.1) is 25.8 Å². The van der Waals surface area contributed by atoms with Crippen molar-refractivity contribution in [1.29, 1.82) is 0 Å². The highest BCUT2D eigenvalue weighted by atomic mass is 79.9. The van der Waals surface area contributed by atoms with Crippen molar-refractivity contribution in [2.45, 2.75) is 29.2 Å². The molecule has 6 rings (SSSR count). The number of hydrogen-bond donors (Lipinski definition) is 2. The lowest BCUT2D eigenvalue weighted by Crippen LogP contribution is -2.31. The number of phenols is 2. The molecular weight excluding hydrogens is 976 g/mol. The number of nitro groups is 2. The average molecular weight is 994 g/mol. The van der Waals surface area contributed by atoms with Crippen molar-refractivity contribution in [2.75, 3.05) is 0 Å². The van der Waals surface area contributed by atoms with Crippen molar-refractivity contribution in [3.05, 3.63) is 127 Å². The maximum atomic E-state index is 14.0. The summed E-state index contributed by atoms with van der Waals surface area (Å²) in [6.07, 6.45) is 0. The van der Waals surface area contributed by atoms with Gasteiger partial charge in [0, 0.05) is 35.5 Å². The molecule has 1 aliphatic rings. The summed E-state index contributed by atoms with van der Waals surface area (Å²) in [6, 6.07) is 11.9. The van der Waals surface area contributed by atoms with Crippen LogP contribution in [0.2, 0.25) is 0 Å². The van der Waals surface area contributed by atoms with Crippen LogP contribution in [0.1, 0.15) is 27.8 Å². The zero-order chi connectivity index (χ0) is 37.5. The van der Waals surface area contributed by atoms with Crippen molar-refractivity contribution in [1.82, 2.24) is 0 Å². The van der Waals surface area contributed by atoms with Crippen molar-refractivity contribution < 1.29 is 45.3 Å². The lowest BCUT2D eigenvalue weighted by atomic mass is 9.79. The van der Waals surface area contributed by atoms with Gasteiger partial charge >= 0.3 is 15.8 Å². The molecule has 1 atom stereocenters. The summed E-state index contributed by atoms with van der Waals surface area (Å²) in [5, 5.41) is 44.5. The maximum Gasteiger partial charge on any atom is 0.339 e. The van der Waals surface area contributed by atoms with Crippen molar-refractivity contribution in [2.24, 2.45) is 0 Å². The smallest absolute Gasteiger partial charge is 0.339 e. The Balaban J connectivity index is 1.65. The molecule has 5 aromatic rings. The van der Waals surface area contributed by atoms with Crippen LogP contribution in [0.15, 0.2) is 88.3 Å². The summed E-state index contributed by atoms with van der Waals surface area (Å²) in [6.45, 7) is 3.29. The Morgan fingerprint density at radius 2 is 1.35 bits per heavy atom. The highest BCUT2D eigenvalue weighted by Gasteiger charge is 2.57. The van der Waals surface area contributed by atoms with Crippen LogP contribution in [0, 0.1) is 34.1 Å². The summed E-state index contributed by atoms with van der Waals surface area (Å²) < 4.78 is 68.5. The van der Waals surface area contributed by atoms with Gasteiger partial charge in [0.2, 0.25) is 5.75 Å². The Bertz CT molecular complexity index is 2640. The van der Waals surface area contributed by atoms with Crippen LogP contribution < -0.4 is 4.18 Å². The number of nitro benzene ring substituents is 2. The molecule has 14 nitrogen and oxygen atoms in total. The molecular formula is C31H18Br4N2O12S2. The summed E-state index contributed by atoms with van der Waals surface area (Å²) in [4.78, 5) is 20.3. The third-order valence-corrected chi connectivity index (χ3v) is 15.7. The molecule has 2 N–H and O–H groups in total. The predicted octanol–water partition coefficient (Wildman–Crippen LogP) is 8.51. The molecule has 20 heteroatoms. The Morgan fingerprint density at radius 3 is 1.96 bits per heavy atom. The molecule has 0 saturated carbocycles. The minimum atomic E-state index is -4.98. The third kappa shape index (κ3) is 5.89. The van der Waals surface area contributed by atoms with Gasteiger partial charge in [-0.2, -0.15) is 16.8 Å². The van der Waals surface area contributed by atoms with E-state index in [0.717, 1.165) is 18.2 Å². The van der Waals surface area contributed by atoms with Crippen LogP contribution in [0.4, 0.5) is 11.4 Å². The SMILES string of the molecule is Cc1ccc(C2(c3ccc(C)cc3OS(=O)(=O)c3ccc4c([N+](=O)[O-])cc([N+](=O)[O-])c(O)c4c3)OS(=O)(=O)c3c(Br)c(Br)c(Br)c(Br)c32)c(O)c1. The summed E-state index contributed by atoms with van der Waals surface area (Å²) >= 11 is 13.6. The van der Waals surface area contributed by atoms with E-state index in [1.807, 2.05) is 0 Å². The van der Waals surface area contributed by atoms with E-state index >= 15 is 0 Å². The number of aromatic hydroxyl groups is 2. The van der Waals surface area contributed by atoms with E-state index in [-0.39, 0.29) is 35.9 Å². The number of hydrogen-bond acceptors (Lipinski definition) is 12. The van der Waals surface area contributed by atoms with Gasteiger partial charge in [-0.3, -0.25) is 20.2 Å². The van der Waals surface area contributed by atoms with Gasteiger partial charge in [0.15, 0.2) is 5.60 Å². The highest BCUT2D eigenvalue weighted by molar-refractivity contribution is 9.15. The Labute approximate surface area is 322 Å². The standard InChI is InChI=1S/C31H18Br4N2O12S2/c1-13-3-7-18(22(38)9-13)31(24-25(32)26(33)27(34)28(35)30(24)51(46,47)49-31)19-8-4-14(2)10-23(19)48-50(44,45)15-5-6-16-17(11-15)29(39)21(37(42)43)12-20(16)36(40)41/h3-12,38-39H,1-2H3. The Morgan fingerprint density at radius 1 is 0.765 bits per heavy atom. The van der Waals surface area contributed by atoms with Crippen LogP contribution in [-0.2, 0) is 30.0 Å². The predicted molar refractivity (Wildman–Crippen MR) is 196 cm³/mol. The zero-order valence-electron chi connectivity index (χ0n) is 25.5. The van der Waals surface area contributed by atoms with Gasteiger partial charge in [0.25, 0.3) is 15.8 Å². The van der Waals surface area contributed by atoms with Gasteiger partial charge in [-0.15, -0.1) is 0 Å². The minimum Gasteiger partial charge on any atom is -0.508 e. The highest BCUT2D eigenvalue weighted by Crippen LogP contribution is 2.60. The summed E-state index contributed by atoms with van der Waals surface area (Å²) in [5.74, 6) is -1.87. The molecule has 0 fully saturated rings. The number of phenolic OH excluding ortho intramolecular Hbond substituents is 2. The topological polar surface area (TPSA) is 213 Å². The van der Waals surface area contributed by atoms with Crippen LogP contribution >= 0.6 is 63.7 Å². The van der Waals surface area contributed by atoms with E-state index in [1.54, 1.807) is 26.0 Å². The molecule has 51 heavy (non-hydrogen) atoms. The number of rotatable bonds is 7. The second-order valence-electron chi connectivity index (χ2n) is 11.2. The fraction of sp³-hybridized carbons (Fsp3) is 0.0968. The number of fused-ring (bicyclic) bond motifs is 2. The molecule has 1 unspecified atom stereocenters. The van der Waals surface area contributed by atoms with E-state index < -0.39 is 74.6 Å². The van der Waals surface area contributed by atoms with Gasteiger partial charge in [-0.05, 0) is 119 Å². The van der Waals surface area contributed by atoms with Crippen molar-refractivity contribution in [3.63, 3.8) is 0 Å². The van der Waals surface area contributed by atoms with E-state index in [4.69, 9.17) is 8.37 Å². The molecule has 0 bridgehead atoms. The van der Waals surface area contributed by atoms with Gasteiger partial charge < -0.3 is 14.4 Å². The molecule has 0 spiro atoms. The molecule has 0 amide bonds. The number of aryl methyl sites for hydroxylation is 2. The van der Waals surface area contributed by atoms with E-state index in [9.17, 15) is 47.3 Å². The number of nitrogens with zero attached hydrogens (tertiary/aromatic N) is 2. The van der Waals surface area contributed by atoms with Crippen LogP contribution in [-0.4, -0.2) is 36.9 Å². The van der Waals surface area contributed by atoms with Gasteiger partial charge in [0.1, 0.15) is 21.3 Å². The molecule has 0 aliphatic carbocycles. The molecule has 5 aromatic carbocycles. The van der Waals surface area contributed by atoms with Crippen LogP contribution in [0.5, 0.6) is 17.2 Å². The number of halogens is 4. The molecule has 264 valence electrons. The lowest BCUT2D eigenvalue weighted by Gasteiger charge is -2.32. The van der Waals surface area contributed by atoms with Crippen LogP contribution in [0.3, 0.4) is 0 Å². The molecule has 0 saturated heterocycles. The second kappa shape index (κ2) is 12.8. The monoisotopic (exact) mass is 990 g/mol. The van der Waals surface area contributed by atoms with E-state index in [0.29, 0.717) is 26.1 Å². The summed E-state index contributed by atoms with van der Waals surface area (Å²) in [5.41, 5.74) is -3.36. The van der Waals surface area contributed by atoms with E-state index in [2.05, 4.69) is 63.7 Å². The number of benzene rings is 5. The third-order valence-electron chi connectivity index (χ3n) is 8.03. The molecule has 0 radical (unpaired) electrons. The molecule has 1 heterocycles. The van der Waals surface area contributed by atoms with Crippen molar-refractivity contribution in [3.8, 4) is 17.2 Å². The molecule has 1 aliphatic heterocycles.